The van der Waals surface area contributed by atoms with Crippen molar-refractivity contribution >= 4 is 26.5 Å². The Kier molecular flexibility index (Phi) is 7.15. The van der Waals surface area contributed by atoms with E-state index in [1.165, 1.54) is 22.6 Å². The first-order chi connectivity index (χ1) is 16.9. The lowest BCUT2D eigenvalue weighted by Gasteiger charge is -2.32. The second-order valence-electron chi connectivity index (χ2n) is 8.29. The van der Waals surface area contributed by atoms with Crippen LogP contribution in [0.5, 0.6) is 0 Å². The first-order valence-corrected chi connectivity index (χ1v) is 12.7. The number of allylic oxidation sites excluding steroid dienone is 1. The van der Waals surface area contributed by atoms with Crippen LogP contribution in [0.25, 0.3) is 21.9 Å². The fourth-order valence-electron chi connectivity index (χ4n) is 4.27. The summed E-state index contributed by atoms with van der Waals surface area (Å²) in [6.45, 7) is 4.38. The SMILES string of the molecule is C=C/C(=C\NC)S(=O)(=O)N1CCC(Nc2cc(-c3ccc(F)c(C#N)c3)cc3ccncc23)CC1. The molecule has 1 saturated heterocycles. The first kappa shape index (κ1) is 24.4. The highest BCUT2D eigenvalue weighted by Gasteiger charge is 2.30. The van der Waals surface area contributed by atoms with Crippen molar-refractivity contribution in [3.05, 3.63) is 83.9 Å². The summed E-state index contributed by atoms with van der Waals surface area (Å²) in [5, 5.41) is 17.4. The van der Waals surface area contributed by atoms with E-state index in [-0.39, 0.29) is 16.5 Å². The monoisotopic (exact) mass is 491 g/mol. The Balaban J connectivity index is 1.59. The standard InChI is InChI=1S/C26H26FN5O2S/c1-3-23(16-29-2)35(33,34)32-10-7-22(8-11-32)31-26-14-20(13-19-6-9-30-17-24(19)26)18-4-5-25(27)21(12-18)15-28/h3-6,9,12-14,16-17,22,29,31H,1,7-8,10-11H2,2H3/b23-16+. The van der Waals surface area contributed by atoms with E-state index in [0.717, 1.165) is 27.6 Å². The molecule has 0 spiro atoms. The maximum atomic E-state index is 13.9. The van der Waals surface area contributed by atoms with Gasteiger partial charge in [0.05, 0.1) is 10.5 Å². The largest absolute Gasteiger partial charge is 0.393 e. The van der Waals surface area contributed by atoms with Gasteiger partial charge in [-0.05, 0) is 65.8 Å². The molecule has 0 aliphatic carbocycles. The van der Waals surface area contributed by atoms with E-state index in [2.05, 4.69) is 22.2 Å². The predicted molar refractivity (Wildman–Crippen MR) is 136 cm³/mol. The molecule has 2 aromatic carbocycles. The number of sulfonamides is 1. The molecular formula is C26H26FN5O2S. The van der Waals surface area contributed by atoms with Crippen LogP contribution >= 0.6 is 0 Å². The van der Waals surface area contributed by atoms with E-state index in [0.29, 0.717) is 25.9 Å². The molecule has 180 valence electrons. The summed E-state index contributed by atoms with van der Waals surface area (Å²) < 4.78 is 41.1. The van der Waals surface area contributed by atoms with Gasteiger partial charge < -0.3 is 10.6 Å². The summed E-state index contributed by atoms with van der Waals surface area (Å²) in [7, 11) is -1.95. The molecule has 9 heteroatoms. The molecular weight excluding hydrogens is 465 g/mol. The number of rotatable bonds is 7. The fourth-order valence-corrected chi connectivity index (χ4v) is 5.73. The van der Waals surface area contributed by atoms with E-state index in [1.807, 2.05) is 24.3 Å². The Labute approximate surface area is 204 Å². The maximum Gasteiger partial charge on any atom is 0.244 e. The maximum absolute atomic E-state index is 13.9. The molecule has 1 aromatic heterocycles. The number of hydrogen-bond donors (Lipinski definition) is 2. The summed E-state index contributed by atoms with van der Waals surface area (Å²) >= 11 is 0. The zero-order valence-electron chi connectivity index (χ0n) is 19.3. The number of benzene rings is 2. The van der Waals surface area contributed by atoms with Crippen molar-refractivity contribution in [3.63, 3.8) is 0 Å². The van der Waals surface area contributed by atoms with Crippen molar-refractivity contribution < 1.29 is 12.8 Å². The van der Waals surface area contributed by atoms with Crippen molar-refractivity contribution in [1.82, 2.24) is 14.6 Å². The molecule has 2 N–H and O–H groups in total. The minimum atomic E-state index is -3.60. The number of nitrogens with zero attached hydrogens (tertiary/aromatic N) is 3. The van der Waals surface area contributed by atoms with Crippen molar-refractivity contribution in [3.8, 4) is 17.2 Å². The molecule has 0 amide bonds. The van der Waals surface area contributed by atoms with Gasteiger partial charge in [0.2, 0.25) is 10.0 Å². The molecule has 0 radical (unpaired) electrons. The number of fused-ring (bicyclic) bond motifs is 1. The molecule has 4 rings (SSSR count). The Morgan fingerprint density at radius 2 is 2.00 bits per heavy atom. The molecule has 0 atom stereocenters. The number of halogens is 1. The number of aromatic nitrogens is 1. The van der Waals surface area contributed by atoms with E-state index in [4.69, 9.17) is 0 Å². The molecule has 7 nitrogen and oxygen atoms in total. The number of nitriles is 1. The molecule has 1 fully saturated rings. The van der Waals surface area contributed by atoms with Crippen LogP contribution < -0.4 is 10.6 Å². The smallest absolute Gasteiger partial charge is 0.244 e. The summed E-state index contributed by atoms with van der Waals surface area (Å²) in [5.41, 5.74) is 2.43. The van der Waals surface area contributed by atoms with Gasteiger partial charge in [-0.15, -0.1) is 0 Å². The number of piperidine rings is 1. The number of hydrogen-bond acceptors (Lipinski definition) is 6. The summed E-state index contributed by atoms with van der Waals surface area (Å²) in [4.78, 5) is 4.40. The highest BCUT2D eigenvalue weighted by Crippen LogP contribution is 2.33. The number of pyridine rings is 1. The Bertz CT molecular complexity index is 1440. The number of anilines is 1. The Morgan fingerprint density at radius 1 is 1.23 bits per heavy atom. The van der Waals surface area contributed by atoms with Crippen LogP contribution in [0.4, 0.5) is 10.1 Å². The van der Waals surface area contributed by atoms with Crippen LogP contribution in [-0.4, -0.2) is 43.9 Å². The Morgan fingerprint density at radius 3 is 2.69 bits per heavy atom. The molecule has 2 heterocycles. The topological polar surface area (TPSA) is 98.1 Å². The van der Waals surface area contributed by atoms with Crippen LogP contribution in [-0.2, 0) is 10.0 Å². The number of nitrogens with one attached hydrogen (secondary N) is 2. The molecule has 0 unspecified atom stereocenters. The average molecular weight is 492 g/mol. The summed E-state index contributed by atoms with van der Waals surface area (Å²) in [6, 6.07) is 12.3. The van der Waals surface area contributed by atoms with Crippen molar-refractivity contribution in [2.24, 2.45) is 0 Å². The second kappa shape index (κ2) is 10.3. The van der Waals surface area contributed by atoms with Crippen LogP contribution in [0.2, 0.25) is 0 Å². The van der Waals surface area contributed by atoms with Crippen LogP contribution in [0, 0.1) is 17.1 Å². The zero-order valence-corrected chi connectivity index (χ0v) is 20.1. The molecule has 0 bridgehead atoms. The minimum absolute atomic E-state index is 0.00775. The second-order valence-corrected chi connectivity index (χ2v) is 10.2. The van der Waals surface area contributed by atoms with Crippen molar-refractivity contribution in [2.75, 3.05) is 25.5 Å². The van der Waals surface area contributed by atoms with Gasteiger partial charge >= 0.3 is 0 Å². The fraction of sp³-hybridized carbons (Fsp3) is 0.231. The van der Waals surface area contributed by atoms with E-state index < -0.39 is 15.8 Å². The van der Waals surface area contributed by atoms with E-state index >= 15 is 0 Å². The van der Waals surface area contributed by atoms with E-state index in [1.54, 1.807) is 31.6 Å². The highest BCUT2D eigenvalue weighted by atomic mass is 32.2. The van der Waals surface area contributed by atoms with Gasteiger partial charge in [0.1, 0.15) is 11.9 Å². The van der Waals surface area contributed by atoms with Crippen molar-refractivity contribution in [2.45, 2.75) is 18.9 Å². The molecule has 1 aliphatic rings. The third kappa shape index (κ3) is 5.04. The lowest BCUT2D eigenvalue weighted by molar-refractivity contribution is 0.332. The lowest BCUT2D eigenvalue weighted by atomic mass is 9.98. The van der Waals surface area contributed by atoms with E-state index in [9.17, 15) is 18.1 Å². The van der Waals surface area contributed by atoms with Crippen molar-refractivity contribution in [1.29, 1.82) is 5.26 Å². The van der Waals surface area contributed by atoms with Crippen LogP contribution in [0.3, 0.4) is 0 Å². The molecule has 0 saturated carbocycles. The highest BCUT2D eigenvalue weighted by molar-refractivity contribution is 7.93. The van der Waals surface area contributed by atoms with Gasteiger partial charge in [-0.2, -0.15) is 9.57 Å². The van der Waals surface area contributed by atoms with Crippen LogP contribution in [0.1, 0.15) is 18.4 Å². The first-order valence-electron chi connectivity index (χ1n) is 11.2. The molecule has 3 aromatic rings. The molecule has 35 heavy (non-hydrogen) atoms. The third-order valence-corrected chi connectivity index (χ3v) is 8.04. The van der Waals surface area contributed by atoms with Crippen LogP contribution in [0.15, 0.2) is 72.6 Å². The van der Waals surface area contributed by atoms with Gasteiger partial charge in [0.25, 0.3) is 0 Å². The summed E-state index contributed by atoms with van der Waals surface area (Å²) in [5.74, 6) is -0.550. The molecule has 1 aliphatic heterocycles. The van der Waals surface area contributed by atoms with Gasteiger partial charge in [-0.25, -0.2) is 12.8 Å². The van der Waals surface area contributed by atoms with Gasteiger partial charge in [0, 0.05) is 55.8 Å². The van der Waals surface area contributed by atoms with Gasteiger partial charge in [-0.3, -0.25) is 4.98 Å². The Hall–Kier alpha value is -3.74. The third-order valence-electron chi connectivity index (χ3n) is 6.12. The zero-order chi connectivity index (χ0) is 25.0. The quantitative estimate of drug-likeness (QED) is 0.477. The van der Waals surface area contributed by atoms with Gasteiger partial charge in [0.15, 0.2) is 0 Å². The predicted octanol–water partition coefficient (Wildman–Crippen LogP) is 4.37. The normalized spacial score (nSPS) is 15.5. The minimum Gasteiger partial charge on any atom is -0.393 e. The summed E-state index contributed by atoms with van der Waals surface area (Å²) in [6.07, 6.45) is 7.53. The average Bonchev–Trinajstić information content (AvgIpc) is 2.87. The lowest BCUT2D eigenvalue weighted by Crippen LogP contribution is -2.42. The van der Waals surface area contributed by atoms with Gasteiger partial charge in [-0.1, -0.05) is 12.6 Å².